The minimum Gasteiger partial charge on any atom is -0.478 e. The van der Waals surface area contributed by atoms with E-state index in [2.05, 4.69) is 10.4 Å². The molecule has 7 nitrogen and oxygen atoms in total. The van der Waals surface area contributed by atoms with Crippen LogP contribution in [-0.2, 0) is 4.74 Å². The van der Waals surface area contributed by atoms with Crippen LogP contribution in [-0.4, -0.2) is 39.4 Å². The Balaban J connectivity index is 1.73. The van der Waals surface area contributed by atoms with Gasteiger partial charge in [-0.1, -0.05) is 0 Å². The Labute approximate surface area is 145 Å². The van der Waals surface area contributed by atoms with Crippen molar-refractivity contribution in [3.63, 3.8) is 0 Å². The van der Waals surface area contributed by atoms with Crippen molar-refractivity contribution in [2.75, 3.05) is 6.61 Å². The van der Waals surface area contributed by atoms with Crippen LogP contribution in [0, 0.1) is 0 Å². The van der Waals surface area contributed by atoms with Gasteiger partial charge in [-0.2, -0.15) is 5.10 Å². The first-order chi connectivity index (χ1) is 12.0. The number of carbonyl (C=O) groups is 2. The van der Waals surface area contributed by atoms with Crippen LogP contribution in [0.15, 0.2) is 36.5 Å². The van der Waals surface area contributed by atoms with Crippen LogP contribution in [0.3, 0.4) is 0 Å². The van der Waals surface area contributed by atoms with Crippen molar-refractivity contribution in [1.29, 1.82) is 0 Å². The van der Waals surface area contributed by atoms with Crippen molar-refractivity contribution in [3.8, 4) is 0 Å². The lowest BCUT2D eigenvalue weighted by Gasteiger charge is -2.22. The molecular weight excluding hydrogens is 322 g/mol. The number of amides is 1. The Morgan fingerprint density at radius 1 is 1.24 bits per heavy atom. The van der Waals surface area contributed by atoms with Crippen molar-refractivity contribution in [2.24, 2.45) is 0 Å². The topological polar surface area (TPSA) is 93.5 Å². The average Bonchev–Trinajstić information content (AvgIpc) is 3.23. The first kappa shape index (κ1) is 17.2. The van der Waals surface area contributed by atoms with E-state index in [9.17, 15) is 9.59 Å². The minimum atomic E-state index is -1.02. The molecule has 1 amide bonds. The fourth-order valence-corrected chi connectivity index (χ4v) is 3.03. The second-order valence-electron chi connectivity index (χ2n) is 6.34. The number of hydrogen-bond acceptors (Lipinski definition) is 4. The number of carboxylic acids is 1. The van der Waals surface area contributed by atoms with Gasteiger partial charge in [0.05, 0.1) is 17.3 Å². The molecule has 1 fully saturated rings. The number of nitrogens with one attached hydrogen (secondary N) is 1. The SMILES string of the molecule is CC(C)n1nccc1[C@H]1OCC[C@@H]1NC(=O)c1ccc(C(=O)O)cc1. The summed E-state index contributed by atoms with van der Waals surface area (Å²) in [5, 5.41) is 16.3. The summed E-state index contributed by atoms with van der Waals surface area (Å²) in [5.41, 5.74) is 1.52. The highest BCUT2D eigenvalue weighted by atomic mass is 16.5. The molecule has 0 spiro atoms. The van der Waals surface area contributed by atoms with Gasteiger partial charge < -0.3 is 15.2 Å². The van der Waals surface area contributed by atoms with Gasteiger partial charge in [-0.15, -0.1) is 0 Å². The molecule has 1 saturated heterocycles. The molecule has 0 saturated carbocycles. The summed E-state index contributed by atoms with van der Waals surface area (Å²) in [4.78, 5) is 23.4. The Morgan fingerprint density at radius 3 is 2.56 bits per heavy atom. The van der Waals surface area contributed by atoms with Gasteiger partial charge in [0.1, 0.15) is 6.10 Å². The van der Waals surface area contributed by atoms with Gasteiger partial charge in [0, 0.05) is 24.4 Å². The van der Waals surface area contributed by atoms with E-state index in [0.717, 1.165) is 5.69 Å². The van der Waals surface area contributed by atoms with Gasteiger partial charge in [-0.3, -0.25) is 9.48 Å². The minimum absolute atomic E-state index is 0.152. The van der Waals surface area contributed by atoms with Gasteiger partial charge in [-0.05, 0) is 50.6 Å². The number of aromatic nitrogens is 2. The molecule has 0 radical (unpaired) electrons. The standard InChI is InChI=1S/C18H21N3O4/c1-11(2)21-15(7-9-19-21)16-14(8-10-25-16)20-17(22)12-3-5-13(6-4-12)18(23)24/h3-7,9,11,14,16H,8,10H2,1-2H3,(H,20,22)(H,23,24)/t14-,16-/m0/s1. The highest BCUT2D eigenvalue weighted by molar-refractivity contribution is 5.96. The molecule has 7 heteroatoms. The third-order valence-corrected chi connectivity index (χ3v) is 4.28. The molecular formula is C18H21N3O4. The fraction of sp³-hybridized carbons (Fsp3) is 0.389. The van der Waals surface area contributed by atoms with Crippen LogP contribution in [0.4, 0.5) is 0 Å². The Hall–Kier alpha value is -2.67. The summed E-state index contributed by atoms with van der Waals surface area (Å²) in [6.45, 7) is 4.66. The summed E-state index contributed by atoms with van der Waals surface area (Å²) in [5.74, 6) is -1.26. The van der Waals surface area contributed by atoms with E-state index in [1.54, 1.807) is 6.20 Å². The second kappa shape index (κ2) is 7.06. The van der Waals surface area contributed by atoms with Crippen molar-refractivity contribution < 1.29 is 19.4 Å². The maximum Gasteiger partial charge on any atom is 0.335 e. The van der Waals surface area contributed by atoms with Crippen molar-refractivity contribution in [3.05, 3.63) is 53.3 Å². The van der Waals surface area contributed by atoms with Gasteiger partial charge in [0.2, 0.25) is 0 Å². The molecule has 1 aromatic heterocycles. The number of carboxylic acid groups (broad SMARTS) is 1. The zero-order chi connectivity index (χ0) is 18.0. The predicted molar refractivity (Wildman–Crippen MR) is 90.6 cm³/mol. The van der Waals surface area contributed by atoms with E-state index in [-0.39, 0.29) is 29.7 Å². The Kier molecular flexibility index (Phi) is 4.85. The van der Waals surface area contributed by atoms with Crippen LogP contribution in [0.1, 0.15) is 58.8 Å². The normalized spacial score (nSPS) is 20.0. The summed E-state index contributed by atoms with van der Waals surface area (Å²) in [6, 6.07) is 7.84. The number of benzene rings is 1. The number of aromatic carboxylic acids is 1. The molecule has 1 aliphatic rings. The summed E-state index contributed by atoms with van der Waals surface area (Å²) < 4.78 is 7.73. The molecule has 1 aromatic carbocycles. The molecule has 2 aromatic rings. The Morgan fingerprint density at radius 2 is 1.92 bits per heavy atom. The summed E-state index contributed by atoms with van der Waals surface area (Å²) >= 11 is 0. The highest BCUT2D eigenvalue weighted by Gasteiger charge is 2.33. The largest absolute Gasteiger partial charge is 0.478 e. The van der Waals surface area contributed by atoms with Crippen LogP contribution in [0.2, 0.25) is 0 Å². The van der Waals surface area contributed by atoms with Crippen LogP contribution < -0.4 is 5.32 Å². The zero-order valence-electron chi connectivity index (χ0n) is 14.2. The first-order valence-corrected chi connectivity index (χ1v) is 8.26. The monoisotopic (exact) mass is 343 g/mol. The molecule has 0 bridgehead atoms. The molecule has 2 N–H and O–H groups in total. The number of hydrogen-bond donors (Lipinski definition) is 2. The van der Waals surface area contributed by atoms with Crippen LogP contribution in [0.5, 0.6) is 0 Å². The van der Waals surface area contributed by atoms with Gasteiger partial charge in [0.25, 0.3) is 5.91 Å². The molecule has 3 rings (SSSR count). The Bertz CT molecular complexity index is 767. The van der Waals surface area contributed by atoms with E-state index in [1.807, 2.05) is 24.6 Å². The lowest BCUT2D eigenvalue weighted by Crippen LogP contribution is -2.37. The second-order valence-corrected chi connectivity index (χ2v) is 6.34. The van der Waals surface area contributed by atoms with E-state index in [1.165, 1.54) is 24.3 Å². The van der Waals surface area contributed by atoms with Crippen molar-refractivity contribution >= 4 is 11.9 Å². The smallest absolute Gasteiger partial charge is 0.335 e. The van der Waals surface area contributed by atoms with Crippen LogP contribution in [0.25, 0.3) is 0 Å². The highest BCUT2D eigenvalue weighted by Crippen LogP contribution is 2.30. The lowest BCUT2D eigenvalue weighted by atomic mass is 10.1. The summed E-state index contributed by atoms with van der Waals surface area (Å²) in [6.07, 6.45) is 2.21. The third kappa shape index (κ3) is 3.56. The lowest BCUT2D eigenvalue weighted by molar-refractivity contribution is 0.0696. The molecule has 2 atom stereocenters. The maximum atomic E-state index is 12.5. The molecule has 132 valence electrons. The third-order valence-electron chi connectivity index (χ3n) is 4.28. The number of nitrogens with zero attached hydrogens (tertiary/aromatic N) is 2. The van der Waals surface area contributed by atoms with Crippen molar-refractivity contribution in [2.45, 2.75) is 38.5 Å². The number of rotatable bonds is 5. The van der Waals surface area contributed by atoms with Gasteiger partial charge >= 0.3 is 5.97 Å². The fourth-order valence-electron chi connectivity index (χ4n) is 3.03. The molecule has 2 heterocycles. The first-order valence-electron chi connectivity index (χ1n) is 8.26. The number of ether oxygens (including phenoxy) is 1. The van der Waals surface area contributed by atoms with E-state index in [4.69, 9.17) is 9.84 Å². The van der Waals surface area contributed by atoms with Crippen LogP contribution >= 0.6 is 0 Å². The zero-order valence-corrected chi connectivity index (χ0v) is 14.2. The van der Waals surface area contributed by atoms with Crippen molar-refractivity contribution in [1.82, 2.24) is 15.1 Å². The quantitative estimate of drug-likeness (QED) is 0.869. The molecule has 0 aliphatic carbocycles. The maximum absolute atomic E-state index is 12.5. The molecule has 1 aliphatic heterocycles. The molecule has 25 heavy (non-hydrogen) atoms. The van der Waals surface area contributed by atoms with Gasteiger partial charge in [0.15, 0.2) is 0 Å². The van der Waals surface area contributed by atoms with E-state index in [0.29, 0.717) is 18.6 Å². The molecule has 0 unspecified atom stereocenters. The average molecular weight is 343 g/mol. The number of carbonyl (C=O) groups excluding carboxylic acids is 1. The predicted octanol–water partition coefficient (Wildman–Crippen LogP) is 2.42. The summed E-state index contributed by atoms with van der Waals surface area (Å²) in [7, 11) is 0. The van der Waals surface area contributed by atoms with E-state index < -0.39 is 5.97 Å². The van der Waals surface area contributed by atoms with E-state index >= 15 is 0 Å². The van der Waals surface area contributed by atoms with Gasteiger partial charge in [-0.25, -0.2) is 4.79 Å².